The molecule has 0 saturated heterocycles. The Morgan fingerprint density at radius 1 is 1.15 bits per heavy atom. The lowest BCUT2D eigenvalue weighted by Gasteiger charge is -2.15. The molecule has 1 heterocycles. The van der Waals surface area contributed by atoms with E-state index < -0.39 is 0 Å². The monoisotopic (exact) mass is 282 g/mol. The van der Waals surface area contributed by atoms with E-state index in [1.165, 1.54) is 0 Å². The average molecular weight is 282 g/mol. The van der Waals surface area contributed by atoms with Gasteiger partial charge in [-0.3, -0.25) is 4.98 Å². The first kappa shape index (κ1) is 16.9. The van der Waals surface area contributed by atoms with Crippen LogP contribution in [0.25, 0.3) is 0 Å². The lowest BCUT2D eigenvalue weighted by atomic mass is 10.1. The predicted molar refractivity (Wildman–Crippen MR) is 79.1 cm³/mol. The second-order valence-electron chi connectivity index (χ2n) is 4.39. The number of ether oxygens (including phenoxy) is 3. The fourth-order valence-corrected chi connectivity index (χ4v) is 1.85. The van der Waals surface area contributed by atoms with Crippen molar-refractivity contribution in [1.82, 2.24) is 10.3 Å². The van der Waals surface area contributed by atoms with Gasteiger partial charge in [0.2, 0.25) is 0 Å². The topological polar surface area (TPSA) is 52.6 Å². The number of methoxy groups -OCH3 is 1. The summed E-state index contributed by atoms with van der Waals surface area (Å²) in [5.41, 5.74) is 1.05. The minimum absolute atomic E-state index is 0.312. The van der Waals surface area contributed by atoms with Crippen LogP contribution in [-0.4, -0.2) is 45.1 Å². The van der Waals surface area contributed by atoms with Gasteiger partial charge in [-0.25, -0.2) is 0 Å². The van der Waals surface area contributed by atoms with Crippen LogP contribution in [0, 0.1) is 0 Å². The molecule has 0 saturated carbocycles. The van der Waals surface area contributed by atoms with Crippen LogP contribution < -0.4 is 10.1 Å². The Labute approximate surface area is 121 Å². The fourth-order valence-electron chi connectivity index (χ4n) is 1.85. The Hall–Kier alpha value is -1.17. The minimum Gasteiger partial charge on any atom is -0.490 e. The molecule has 0 aliphatic heterocycles. The second kappa shape index (κ2) is 10.6. The molecule has 5 nitrogen and oxygen atoms in total. The molecule has 1 N–H and O–H groups in total. The predicted octanol–water partition coefficient (Wildman–Crippen LogP) is 2.18. The van der Waals surface area contributed by atoms with Crippen molar-refractivity contribution in [3.63, 3.8) is 0 Å². The highest BCUT2D eigenvalue weighted by Gasteiger charge is 2.08. The van der Waals surface area contributed by atoms with Gasteiger partial charge in [-0.2, -0.15) is 0 Å². The first-order valence-corrected chi connectivity index (χ1v) is 7.20. The quantitative estimate of drug-likeness (QED) is 0.630. The smallest absolute Gasteiger partial charge is 0.137 e. The Kier molecular flexibility index (Phi) is 8.95. The molecule has 1 unspecified atom stereocenters. The zero-order valence-electron chi connectivity index (χ0n) is 12.7. The van der Waals surface area contributed by atoms with E-state index in [1.807, 2.05) is 12.1 Å². The summed E-state index contributed by atoms with van der Waals surface area (Å²) in [6.07, 6.45) is 2.79. The van der Waals surface area contributed by atoms with Crippen LogP contribution in [0.5, 0.6) is 5.75 Å². The lowest BCUT2D eigenvalue weighted by Crippen LogP contribution is -2.21. The molecule has 0 aliphatic carbocycles. The maximum absolute atomic E-state index is 5.57. The van der Waals surface area contributed by atoms with Gasteiger partial charge < -0.3 is 19.5 Å². The first-order chi connectivity index (χ1) is 9.81. The molecule has 1 atom stereocenters. The Balaban J connectivity index is 2.31. The third kappa shape index (κ3) is 6.32. The summed E-state index contributed by atoms with van der Waals surface area (Å²) in [6.45, 7) is 7.48. The number of hydrogen-bond donors (Lipinski definition) is 1. The number of nitrogens with zero attached hydrogens (tertiary/aromatic N) is 1. The van der Waals surface area contributed by atoms with Crippen molar-refractivity contribution in [2.45, 2.75) is 26.3 Å². The summed E-state index contributed by atoms with van der Waals surface area (Å²) < 4.78 is 15.8. The van der Waals surface area contributed by atoms with Crippen molar-refractivity contribution < 1.29 is 14.2 Å². The van der Waals surface area contributed by atoms with Gasteiger partial charge in [0.05, 0.1) is 31.7 Å². The van der Waals surface area contributed by atoms with Crippen LogP contribution in [-0.2, 0) is 9.47 Å². The van der Waals surface area contributed by atoms with Gasteiger partial charge in [0.15, 0.2) is 0 Å². The van der Waals surface area contributed by atoms with Crippen molar-refractivity contribution >= 4 is 0 Å². The molecule has 0 spiro atoms. The average Bonchev–Trinajstić information content (AvgIpc) is 2.49. The zero-order valence-corrected chi connectivity index (χ0v) is 12.7. The summed E-state index contributed by atoms with van der Waals surface area (Å²) >= 11 is 0. The standard InChI is InChI=1S/C15H26N2O3/c1-4-14(16-5-2)15-7-6-13(12-17-15)20-11-10-19-9-8-18-3/h6-7,12,14,16H,4-5,8-11H2,1-3H3. The van der Waals surface area contributed by atoms with Gasteiger partial charge in [-0.15, -0.1) is 0 Å². The molecular weight excluding hydrogens is 256 g/mol. The number of rotatable bonds is 11. The van der Waals surface area contributed by atoms with Crippen molar-refractivity contribution in [2.75, 3.05) is 40.1 Å². The maximum atomic E-state index is 5.57. The highest BCUT2D eigenvalue weighted by molar-refractivity contribution is 5.21. The van der Waals surface area contributed by atoms with Gasteiger partial charge in [0.25, 0.3) is 0 Å². The van der Waals surface area contributed by atoms with E-state index in [-0.39, 0.29) is 0 Å². The summed E-state index contributed by atoms with van der Waals surface area (Å²) in [5.74, 6) is 0.774. The van der Waals surface area contributed by atoms with Gasteiger partial charge in [0, 0.05) is 13.2 Å². The number of aromatic nitrogens is 1. The van der Waals surface area contributed by atoms with Crippen LogP contribution >= 0.6 is 0 Å². The summed E-state index contributed by atoms with van der Waals surface area (Å²) in [7, 11) is 1.66. The molecule has 0 radical (unpaired) electrons. The number of pyridine rings is 1. The normalized spacial score (nSPS) is 12.3. The van der Waals surface area contributed by atoms with Crippen molar-refractivity contribution in [2.24, 2.45) is 0 Å². The van der Waals surface area contributed by atoms with E-state index in [0.717, 1.165) is 24.4 Å². The molecule has 0 fully saturated rings. The molecule has 1 rings (SSSR count). The van der Waals surface area contributed by atoms with E-state index in [9.17, 15) is 0 Å². The molecule has 1 aromatic heterocycles. The van der Waals surface area contributed by atoms with Gasteiger partial charge in [0.1, 0.15) is 12.4 Å². The van der Waals surface area contributed by atoms with Crippen LogP contribution in [0.3, 0.4) is 0 Å². The highest BCUT2D eigenvalue weighted by atomic mass is 16.5. The van der Waals surface area contributed by atoms with E-state index in [4.69, 9.17) is 14.2 Å². The molecule has 5 heteroatoms. The minimum atomic E-state index is 0.312. The van der Waals surface area contributed by atoms with Gasteiger partial charge in [-0.1, -0.05) is 13.8 Å². The van der Waals surface area contributed by atoms with Gasteiger partial charge in [-0.05, 0) is 25.1 Å². The molecule has 1 aromatic rings. The van der Waals surface area contributed by atoms with Gasteiger partial charge >= 0.3 is 0 Å². The maximum Gasteiger partial charge on any atom is 0.137 e. The highest BCUT2D eigenvalue weighted by Crippen LogP contribution is 2.17. The van der Waals surface area contributed by atoms with Crippen molar-refractivity contribution in [3.05, 3.63) is 24.0 Å². The summed E-state index contributed by atoms with van der Waals surface area (Å²) in [6, 6.07) is 4.28. The Morgan fingerprint density at radius 3 is 2.55 bits per heavy atom. The van der Waals surface area contributed by atoms with E-state index in [0.29, 0.717) is 32.5 Å². The van der Waals surface area contributed by atoms with E-state index in [2.05, 4.69) is 24.1 Å². The van der Waals surface area contributed by atoms with Crippen LogP contribution in [0.15, 0.2) is 18.3 Å². The van der Waals surface area contributed by atoms with Crippen molar-refractivity contribution in [3.8, 4) is 5.75 Å². The Bertz CT molecular complexity index is 343. The summed E-state index contributed by atoms with van der Waals surface area (Å²) in [5, 5.41) is 3.40. The number of hydrogen-bond acceptors (Lipinski definition) is 5. The van der Waals surface area contributed by atoms with Crippen LogP contribution in [0.2, 0.25) is 0 Å². The lowest BCUT2D eigenvalue weighted by molar-refractivity contribution is 0.0543. The van der Waals surface area contributed by atoms with Crippen LogP contribution in [0.1, 0.15) is 32.0 Å². The number of nitrogens with one attached hydrogen (secondary N) is 1. The molecule has 0 amide bonds. The molecule has 20 heavy (non-hydrogen) atoms. The fraction of sp³-hybridized carbons (Fsp3) is 0.667. The molecule has 0 bridgehead atoms. The van der Waals surface area contributed by atoms with Crippen LogP contribution in [0.4, 0.5) is 0 Å². The SMILES string of the molecule is CCNC(CC)c1ccc(OCCOCCOC)cn1. The Morgan fingerprint density at radius 2 is 1.95 bits per heavy atom. The summed E-state index contributed by atoms with van der Waals surface area (Å²) in [4.78, 5) is 4.45. The third-order valence-corrected chi connectivity index (χ3v) is 2.90. The van der Waals surface area contributed by atoms with E-state index >= 15 is 0 Å². The molecule has 114 valence electrons. The molecule has 0 aromatic carbocycles. The first-order valence-electron chi connectivity index (χ1n) is 7.20. The molecule has 0 aliphatic rings. The second-order valence-corrected chi connectivity index (χ2v) is 4.39. The largest absolute Gasteiger partial charge is 0.490 e. The zero-order chi connectivity index (χ0) is 14.6. The van der Waals surface area contributed by atoms with Crippen molar-refractivity contribution in [1.29, 1.82) is 0 Å². The third-order valence-electron chi connectivity index (χ3n) is 2.90. The molecular formula is C15H26N2O3. The van der Waals surface area contributed by atoms with E-state index in [1.54, 1.807) is 13.3 Å².